The summed E-state index contributed by atoms with van der Waals surface area (Å²) in [6.07, 6.45) is 4.71. The van der Waals surface area contributed by atoms with Crippen molar-refractivity contribution in [1.29, 1.82) is 0 Å². The molecule has 0 atom stereocenters. The Morgan fingerprint density at radius 3 is 2.83 bits per heavy atom. The summed E-state index contributed by atoms with van der Waals surface area (Å²) in [7, 11) is 0. The Hall–Kier alpha value is -2.30. The molecule has 18 heavy (non-hydrogen) atoms. The molecule has 2 rings (SSSR count). The van der Waals surface area contributed by atoms with Crippen molar-refractivity contribution >= 4 is 5.91 Å². The first kappa shape index (κ1) is 12.2. The number of benzene rings is 1. The van der Waals surface area contributed by atoms with Crippen LogP contribution in [0.5, 0.6) is 0 Å². The first-order valence-electron chi connectivity index (χ1n) is 5.50. The fourth-order valence-electron chi connectivity index (χ4n) is 1.49. The number of nitrogens with zero attached hydrogens (tertiary/aromatic N) is 2. The number of hydrogen-bond acceptors (Lipinski definition) is 3. The highest BCUT2D eigenvalue weighted by Gasteiger charge is 2.07. The van der Waals surface area contributed by atoms with Crippen LogP contribution in [0.4, 0.5) is 4.39 Å². The van der Waals surface area contributed by atoms with Crippen molar-refractivity contribution in [3.05, 3.63) is 59.9 Å². The van der Waals surface area contributed by atoms with Crippen molar-refractivity contribution in [2.45, 2.75) is 13.0 Å². The predicted molar refractivity (Wildman–Crippen MR) is 64.0 cm³/mol. The summed E-state index contributed by atoms with van der Waals surface area (Å²) >= 11 is 0. The molecule has 0 unspecified atom stereocenters. The maximum atomic E-state index is 13.3. The highest BCUT2D eigenvalue weighted by Crippen LogP contribution is 2.06. The molecule has 0 aliphatic rings. The first-order valence-corrected chi connectivity index (χ1v) is 5.50. The number of halogens is 1. The Balaban J connectivity index is 1.88. The van der Waals surface area contributed by atoms with Gasteiger partial charge in [-0.15, -0.1) is 0 Å². The lowest BCUT2D eigenvalue weighted by Gasteiger charge is -2.05. The summed E-state index contributed by atoms with van der Waals surface area (Å²) in [5, 5.41) is 2.67. The minimum Gasteiger partial charge on any atom is -0.350 e. The molecule has 0 bridgehead atoms. The monoisotopic (exact) mass is 245 g/mol. The van der Waals surface area contributed by atoms with Crippen LogP contribution >= 0.6 is 0 Å². The molecule has 1 aromatic heterocycles. The van der Waals surface area contributed by atoms with Gasteiger partial charge in [-0.1, -0.05) is 18.2 Å². The lowest BCUT2D eigenvalue weighted by atomic mass is 10.1. The van der Waals surface area contributed by atoms with Gasteiger partial charge in [0.25, 0.3) is 0 Å². The molecular formula is C13H12FN3O. The van der Waals surface area contributed by atoms with E-state index in [4.69, 9.17) is 0 Å². The first-order chi connectivity index (χ1) is 8.75. The molecular weight excluding hydrogens is 233 g/mol. The third-order valence-electron chi connectivity index (χ3n) is 2.39. The molecule has 1 aromatic carbocycles. The number of rotatable bonds is 4. The fourth-order valence-corrected chi connectivity index (χ4v) is 1.49. The maximum Gasteiger partial charge on any atom is 0.224 e. The molecule has 92 valence electrons. The normalized spacial score (nSPS) is 10.1. The van der Waals surface area contributed by atoms with Crippen LogP contribution in [0.15, 0.2) is 42.9 Å². The van der Waals surface area contributed by atoms with Gasteiger partial charge < -0.3 is 5.32 Å². The van der Waals surface area contributed by atoms with Crippen LogP contribution in [-0.2, 0) is 17.8 Å². The molecule has 0 fully saturated rings. The highest BCUT2D eigenvalue weighted by atomic mass is 19.1. The standard InChI is InChI=1S/C13H12FN3O/c14-12-4-2-1-3-10(12)7-13(18)17-9-11-8-15-5-6-16-11/h1-6,8H,7,9H2,(H,17,18). The van der Waals surface area contributed by atoms with E-state index in [0.717, 1.165) is 0 Å². The number of carbonyl (C=O) groups is 1. The lowest BCUT2D eigenvalue weighted by Crippen LogP contribution is -2.25. The summed E-state index contributed by atoms with van der Waals surface area (Å²) in [4.78, 5) is 19.5. The van der Waals surface area contributed by atoms with Crippen molar-refractivity contribution < 1.29 is 9.18 Å². The Morgan fingerprint density at radius 2 is 2.11 bits per heavy atom. The maximum absolute atomic E-state index is 13.3. The molecule has 4 nitrogen and oxygen atoms in total. The zero-order valence-corrected chi connectivity index (χ0v) is 9.64. The van der Waals surface area contributed by atoms with Gasteiger partial charge in [0.15, 0.2) is 0 Å². The minimum absolute atomic E-state index is 0.0208. The number of carbonyl (C=O) groups excluding carboxylic acids is 1. The van der Waals surface area contributed by atoms with E-state index in [9.17, 15) is 9.18 Å². The van der Waals surface area contributed by atoms with E-state index in [0.29, 0.717) is 17.8 Å². The lowest BCUT2D eigenvalue weighted by molar-refractivity contribution is -0.120. The van der Waals surface area contributed by atoms with E-state index in [2.05, 4.69) is 15.3 Å². The van der Waals surface area contributed by atoms with E-state index in [-0.39, 0.29) is 18.1 Å². The number of aromatic nitrogens is 2. The van der Waals surface area contributed by atoms with Crippen molar-refractivity contribution in [1.82, 2.24) is 15.3 Å². The van der Waals surface area contributed by atoms with Gasteiger partial charge in [-0.3, -0.25) is 14.8 Å². The Kier molecular flexibility index (Phi) is 3.96. The van der Waals surface area contributed by atoms with Gasteiger partial charge in [-0.2, -0.15) is 0 Å². The van der Waals surface area contributed by atoms with E-state index in [1.165, 1.54) is 6.07 Å². The SMILES string of the molecule is O=C(Cc1ccccc1F)NCc1cnccn1. The number of amides is 1. The molecule has 5 heteroatoms. The van der Waals surface area contributed by atoms with Gasteiger partial charge in [0.05, 0.1) is 24.9 Å². The average Bonchev–Trinajstić information content (AvgIpc) is 2.40. The Bertz CT molecular complexity index is 531. The van der Waals surface area contributed by atoms with Crippen molar-refractivity contribution in [2.75, 3.05) is 0 Å². The van der Waals surface area contributed by atoms with Crippen molar-refractivity contribution in [3.8, 4) is 0 Å². The smallest absolute Gasteiger partial charge is 0.224 e. The second kappa shape index (κ2) is 5.86. The molecule has 0 saturated carbocycles. The molecule has 2 aromatic rings. The van der Waals surface area contributed by atoms with Crippen LogP contribution in [0.2, 0.25) is 0 Å². The van der Waals surface area contributed by atoms with Gasteiger partial charge in [-0.25, -0.2) is 4.39 Å². The summed E-state index contributed by atoms with van der Waals surface area (Å²) in [5.41, 5.74) is 1.05. The van der Waals surface area contributed by atoms with Crippen LogP contribution in [0.3, 0.4) is 0 Å². The second-order valence-corrected chi connectivity index (χ2v) is 3.74. The average molecular weight is 245 g/mol. The summed E-state index contributed by atoms with van der Waals surface area (Å²) in [6.45, 7) is 0.293. The second-order valence-electron chi connectivity index (χ2n) is 3.74. The van der Waals surface area contributed by atoms with E-state index >= 15 is 0 Å². The molecule has 0 radical (unpaired) electrons. The summed E-state index contributed by atoms with van der Waals surface area (Å²) < 4.78 is 13.3. The molecule has 0 aliphatic heterocycles. The fraction of sp³-hybridized carbons (Fsp3) is 0.154. The van der Waals surface area contributed by atoms with Gasteiger partial charge >= 0.3 is 0 Å². The van der Waals surface area contributed by atoms with Crippen LogP contribution < -0.4 is 5.32 Å². The summed E-state index contributed by atoms with van der Waals surface area (Å²) in [5.74, 6) is -0.613. The molecule has 1 amide bonds. The molecule has 0 spiro atoms. The molecule has 1 heterocycles. The quantitative estimate of drug-likeness (QED) is 0.887. The van der Waals surface area contributed by atoms with Gasteiger partial charge in [0.1, 0.15) is 5.82 Å². The van der Waals surface area contributed by atoms with Gasteiger partial charge in [-0.05, 0) is 11.6 Å². The zero-order chi connectivity index (χ0) is 12.8. The van der Waals surface area contributed by atoms with Gasteiger partial charge in [0.2, 0.25) is 5.91 Å². The molecule has 0 saturated heterocycles. The van der Waals surface area contributed by atoms with Crippen LogP contribution in [0.1, 0.15) is 11.3 Å². The van der Waals surface area contributed by atoms with E-state index in [1.54, 1.807) is 36.8 Å². The Labute approximate surface area is 104 Å². The zero-order valence-electron chi connectivity index (χ0n) is 9.64. The predicted octanol–water partition coefficient (Wildman–Crippen LogP) is 1.47. The third kappa shape index (κ3) is 3.35. The summed E-state index contributed by atoms with van der Waals surface area (Å²) in [6, 6.07) is 6.23. The van der Waals surface area contributed by atoms with Crippen LogP contribution in [-0.4, -0.2) is 15.9 Å². The van der Waals surface area contributed by atoms with Crippen molar-refractivity contribution in [2.24, 2.45) is 0 Å². The van der Waals surface area contributed by atoms with Gasteiger partial charge in [0, 0.05) is 12.4 Å². The van der Waals surface area contributed by atoms with Crippen LogP contribution in [0, 0.1) is 5.82 Å². The minimum atomic E-state index is -0.368. The largest absolute Gasteiger partial charge is 0.350 e. The Morgan fingerprint density at radius 1 is 1.28 bits per heavy atom. The van der Waals surface area contributed by atoms with E-state index < -0.39 is 0 Å². The third-order valence-corrected chi connectivity index (χ3v) is 2.39. The van der Waals surface area contributed by atoms with E-state index in [1.807, 2.05) is 0 Å². The molecule has 0 aliphatic carbocycles. The van der Waals surface area contributed by atoms with Crippen LogP contribution in [0.25, 0.3) is 0 Å². The highest BCUT2D eigenvalue weighted by molar-refractivity contribution is 5.78. The molecule has 1 N–H and O–H groups in total. The number of hydrogen-bond donors (Lipinski definition) is 1. The topological polar surface area (TPSA) is 54.9 Å². The number of nitrogens with one attached hydrogen (secondary N) is 1. The van der Waals surface area contributed by atoms with Crippen molar-refractivity contribution in [3.63, 3.8) is 0 Å².